The zero-order valence-corrected chi connectivity index (χ0v) is 10.3. The van der Waals surface area contributed by atoms with Crippen molar-refractivity contribution in [3.63, 3.8) is 0 Å². The third-order valence-electron chi connectivity index (χ3n) is 2.48. The van der Waals surface area contributed by atoms with Gasteiger partial charge < -0.3 is 8.92 Å². The highest BCUT2D eigenvalue weighted by Gasteiger charge is 2.34. The van der Waals surface area contributed by atoms with Gasteiger partial charge in [-0.3, -0.25) is 0 Å². The van der Waals surface area contributed by atoms with Crippen molar-refractivity contribution in [2.75, 3.05) is 7.11 Å². The van der Waals surface area contributed by atoms with Crippen molar-refractivity contribution in [3.05, 3.63) is 11.3 Å². The summed E-state index contributed by atoms with van der Waals surface area (Å²) in [5.41, 5.74) is -4.26. The molecule has 0 fully saturated rings. The Kier molecular flexibility index (Phi) is 4.73. The fraction of sp³-hybridized carbons (Fsp3) is 0.700. The summed E-state index contributed by atoms with van der Waals surface area (Å²) >= 11 is -0.592. The van der Waals surface area contributed by atoms with E-state index in [0.29, 0.717) is 12.8 Å². The molecule has 0 heterocycles. The first kappa shape index (κ1) is 14.2. The molecule has 1 atom stereocenters. The first-order valence-electron chi connectivity index (χ1n) is 5.09. The van der Waals surface area contributed by atoms with Gasteiger partial charge in [0.25, 0.3) is 0 Å². The number of rotatable bonds is 3. The zero-order chi connectivity index (χ0) is 13.1. The number of hydrogen-bond donors (Lipinski definition) is 0. The fourth-order valence-electron chi connectivity index (χ4n) is 1.73. The SMILES string of the molecule is COC(=O)C1=C(OSC(F)(F)F)CCCC1C. The van der Waals surface area contributed by atoms with Crippen molar-refractivity contribution >= 4 is 18.0 Å². The molecule has 1 rings (SSSR count). The van der Waals surface area contributed by atoms with Gasteiger partial charge in [-0.15, -0.1) is 0 Å². The predicted molar refractivity (Wildman–Crippen MR) is 56.8 cm³/mol. The van der Waals surface area contributed by atoms with Gasteiger partial charge in [-0.2, -0.15) is 13.2 Å². The first-order valence-corrected chi connectivity index (χ1v) is 5.83. The normalized spacial score (nSPS) is 21.4. The lowest BCUT2D eigenvalue weighted by Crippen LogP contribution is -2.19. The van der Waals surface area contributed by atoms with E-state index in [1.165, 1.54) is 7.11 Å². The Morgan fingerprint density at radius 3 is 2.65 bits per heavy atom. The van der Waals surface area contributed by atoms with E-state index in [0.717, 1.165) is 6.42 Å². The van der Waals surface area contributed by atoms with E-state index in [1.807, 2.05) is 0 Å². The Morgan fingerprint density at radius 1 is 1.47 bits per heavy atom. The second kappa shape index (κ2) is 5.66. The Labute approximate surface area is 102 Å². The van der Waals surface area contributed by atoms with Gasteiger partial charge in [0, 0.05) is 6.42 Å². The molecule has 0 aromatic carbocycles. The van der Waals surface area contributed by atoms with Crippen molar-refractivity contribution in [1.29, 1.82) is 0 Å². The van der Waals surface area contributed by atoms with Crippen molar-refractivity contribution in [1.82, 2.24) is 0 Å². The number of hydrogen-bond acceptors (Lipinski definition) is 4. The van der Waals surface area contributed by atoms with Crippen molar-refractivity contribution in [2.45, 2.75) is 31.7 Å². The number of halogens is 3. The lowest BCUT2D eigenvalue weighted by Gasteiger charge is -2.23. The van der Waals surface area contributed by atoms with Crippen LogP contribution in [0.15, 0.2) is 11.3 Å². The standard InChI is InChI=1S/C10H13F3O3S/c1-6-4-3-5-7(8(6)9(14)15-2)16-17-10(11,12)13/h6H,3-5H2,1-2H3. The Morgan fingerprint density at radius 2 is 2.12 bits per heavy atom. The number of carbonyl (C=O) groups excluding carboxylic acids is 1. The molecule has 0 saturated carbocycles. The monoisotopic (exact) mass is 270 g/mol. The van der Waals surface area contributed by atoms with Crippen molar-refractivity contribution in [2.24, 2.45) is 5.92 Å². The summed E-state index contributed by atoms with van der Waals surface area (Å²) in [4.78, 5) is 11.5. The molecule has 0 spiro atoms. The van der Waals surface area contributed by atoms with Crippen LogP contribution in [0.5, 0.6) is 0 Å². The van der Waals surface area contributed by atoms with E-state index in [4.69, 9.17) is 0 Å². The summed E-state index contributed by atoms with van der Waals surface area (Å²) < 4.78 is 45.2. The first-order chi connectivity index (χ1) is 7.85. The lowest BCUT2D eigenvalue weighted by molar-refractivity contribution is -0.137. The van der Waals surface area contributed by atoms with Crippen LogP contribution in [0, 0.1) is 5.92 Å². The molecule has 0 bridgehead atoms. The highest BCUT2D eigenvalue weighted by molar-refractivity contribution is 7.95. The van der Waals surface area contributed by atoms with Gasteiger partial charge in [-0.05, 0) is 18.8 Å². The Bertz CT molecular complexity index is 325. The molecule has 98 valence electrons. The molecule has 3 nitrogen and oxygen atoms in total. The van der Waals surface area contributed by atoms with E-state index in [-0.39, 0.29) is 17.3 Å². The van der Waals surface area contributed by atoms with E-state index in [2.05, 4.69) is 8.92 Å². The number of ether oxygens (including phenoxy) is 1. The van der Waals surface area contributed by atoms with Crippen LogP contribution in [-0.2, 0) is 13.7 Å². The third-order valence-corrected chi connectivity index (χ3v) is 2.95. The molecule has 1 aliphatic carbocycles. The average molecular weight is 270 g/mol. The van der Waals surface area contributed by atoms with Crippen LogP contribution in [0.4, 0.5) is 13.2 Å². The smallest absolute Gasteiger partial charge is 0.466 e. The predicted octanol–water partition coefficient (Wildman–Crippen LogP) is 3.42. The number of carbonyl (C=O) groups is 1. The largest absolute Gasteiger partial charge is 0.479 e. The maximum absolute atomic E-state index is 12.0. The Hall–Kier alpha value is -0.850. The fourth-order valence-corrected chi connectivity index (χ4v) is 2.10. The minimum absolute atomic E-state index is 0.0814. The average Bonchev–Trinajstić information content (AvgIpc) is 2.24. The van der Waals surface area contributed by atoms with Gasteiger partial charge in [0.15, 0.2) is 12.0 Å². The van der Waals surface area contributed by atoms with E-state index in [9.17, 15) is 18.0 Å². The summed E-state index contributed by atoms with van der Waals surface area (Å²) in [6.45, 7) is 1.77. The molecule has 0 N–H and O–H groups in total. The second-order valence-electron chi connectivity index (χ2n) is 3.73. The quantitative estimate of drug-likeness (QED) is 0.581. The molecule has 17 heavy (non-hydrogen) atoms. The summed E-state index contributed by atoms with van der Waals surface area (Å²) in [5, 5.41) is 0. The van der Waals surface area contributed by atoms with Crippen LogP contribution >= 0.6 is 12.0 Å². The number of allylic oxidation sites excluding steroid dienone is 1. The van der Waals surface area contributed by atoms with Crippen LogP contribution in [0.25, 0.3) is 0 Å². The summed E-state index contributed by atoms with van der Waals surface area (Å²) in [7, 11) is 1.20. The molecule has 1 unspecified atom stereocenters. The minimum atomic E-state index is -4.48. The molecule has 0 aromatic heterocycles. The van der Waals surface area contributed by atoms with Gasteiger partial charge in [-0.25, -0.2) is 4.79 Å². The van der Waals surface area contributed by atoms with Crippen LogP contribution in [0.3, 0.4) is 0 Å². The molecular weight excluding hydrogens is 257 g/mol. The molecule has 1 aliphatic rings. The number of methoxy groups -OCH3 is 1. The van der Waals surface area contributed by atoms with Crippen LogP contribution in [-0.4, -0.2) is 18.6 Å². The van der Waals surface area contributed by atoms with Gasteiger partial charge in [-0.1, -0.05) is 6.92 Å². The zero-order valence-electron chi connectivity index (χ0n) is 9.47. The van der Waals surface area contributed by atoms with Gasteiger partial charge in [0.2, 0.25) is 0 Å². The summed E-state index contributed by atoms with van der Waals surface area (Å²) in [6, 6.07) is 0. The molecule has 0 saturated heterocycles. The van der Waals surface area contributed by atoms with Crippen LogP contribution < -0.4 is 0 Å². The molecule has 0 amide bonds. The molecule has 0 aliphatic heterocycles. The van der Waals surface area contributed by atoms with Gasteiger partial charge in [0.1, 0.15) is 5.76 Å². The van der Waals surface area contributed by atoms with Gasteiger partial charge in [0.05, 0.1) is 12.7 Å². The van der Waals surface area contributed by atoms with Crippen molar-refractivity contribution in [3.8, 4) is 0 Å². The van der Waals surface area contributed by atoms with Crippen LogP contribution in [0.1, 0.15) is 26.2 Å². The lowest BCUT2D eigenvalue weighted by atomic mass is 9.88. The van der Waals surface area contributed by atoms with Gasteiger partial charge >= 0.3 is 11.5 Å². The van der Waals surface area contributed by atoms with Crippen molar-refractivity contribution < 1.29 is 26.9 Å². The Balaban J connectivity index is 2.84. The molecular formula is C10H13F3O3S. The second-order valence-corrected chi connectivity index (χ2v) is 4.53. The molecule has 0 radical (unpaired) electrons. The van der Waals surface area contributed by atoms with E-state index >= 15 is 0 Å². The molecule has 7 heteroatoms. The summed E-state index contributed by atoms with van der Waals surface area (Å²) in [6.07, 6.45) is 1.78. The minimum Gasteiger partial charge on any atom is -0.466 e. The highest BCUT2D eigenvalue weighted by Crippen LogP contribution is 2.38. The molecule has 0 aromatic rings. The van der Waals surface area contributed by atoms with Crippen LogP contribution in [0.2, 0.25) is 0 Å². The maximum Gasteiger partial charge on any atom is 0.479 e. The topological polar surface area (TPSA) is 35.5 Å². The number of esters is 1. The summed E-state index contributed by atoms with van der Waals surface area (Å²) in [5.74, 6) is -0.673. The maximum atomic E-state index is 12.0. The third kappa shape index (κ3) is 4.14. The van der Waals surface area contributed by atoms with E-state index in [1.54, 1.807) is 6.92 Å². The highest BCUT2D eigenvalue weighted by atomic mass is 32.2. The van der Waals surface area contributed by atoms with E-state index < -0.39 is 23.5 Å². The number of alkyl halides is 3.